The third kappa shape index (κ3) is 4.42. The predicted octanol–water partition coefficient (Wildman–Crippen LogP) is 5.01. The molecular formula is C29H27N3O2. The van der Waals surface area contributed by atoms with Crippen LogP contribution in [0, 0.1) is 13.8 Å². The number of hydrogen-bond donors (Lipinski definition) is 1. The van der Waals surface area contributed by atoms with Gasteiger partial charge in [-0.3, -0.25) is 9.78 Å². The second-order valence-corrected chi connectivity index (χ2v) is 8.68. The van der Waals surface area contributed by atoms with Crippen LogP contribution in [0.2, 0.25) is 0 Å². The molecule has 1 amide bonds. The molecule has 5 rings (SSSR count). The van der Waals surface area contributed by atoms with Crippen LogP contribution in [0.1, 0.15) is 34.0 Å². The Morgan fingerprint density at radius 3 is 2.32 bits per heavy atom. The number of hydrogen-bond acceptors (Lipinski definition) is 4. The van der Waals surface area contributed by atoms with E-state index < -0.39 is 0 Å². The SMILES string of the molecule is Cc1cnc(C)c(-c2cccc3c2O[C@H](CNC(=O)C(c2ccccc2)c2ccccc2)C3)n1. The molecule has 1 atom stereocenters. The van der Waals surface area contributed by atoms with Crippen molar-refractivity contribution in [3.05, 3.63) is 113 Å². The maximum absolute atomic E-state index is 13.4. The van der Waals surface area contributed by atoms with Crippen molar-refractivity contribution in [3.63, 3.8) is 0 Å². The van der Waals surface area contributed by atoms with Gasteiger partial charge in [0, 0.05) is 18.2 Å². The van der Waals surface area contributed by atoms with Gasteiger partial charge >= 0.3 is 0 Å². The highest BCUT2D eigenvalue weighted by Gasteiger charge is 2.29. The van der Waals surface area contributed by atoms with Crippen LogP contribution in [0.3, 0.4) is 0 Å². The summed E-state index contributed by atoms with van der Waals surface area (Å²) >= 11 is 0. The summed E-state index contributed by atoms with van der Waals surface area (Å²) in [6.45, 7) is 4.33. The van der Waals surface area contributed by atoms with Crippen LogP contribution >= 0.6 is 0 Å². The van der Waals surface area contributed by atoms with Crippen LogP contribution in [0.4, 0.5) is 0 Å². The van der Waals surface area contributed by atoms with E-state index in [9.17, 15) is 4.79 Å². The first kappa shape index (κ1) is 21.8. The molecule has 0 saturated carbocycles. The number of benzene rings is 3. The number of rotatable bonds is 6. The minimum absolute atomic E-state index is 0.0300. The smallest absolute Gasteiger partial charge is 0.232 e. The van der Waals surface area contributed by atoms with E-state index in [0.717, 1.165) is 51.5 Å². The van der Waals surface area contributed by atoms with E-state index in [1.54, 1.807) is 6.20 Å². The molecule has 1 aromatic heterocycles. The zero-order valence-corrected chi connectivity index (χ0v) is 19.4. The molecule has 1 N–H and O–H groups in total. The average molecular weight is 450 g/mol. The van der Waals surface area contributed by atoms with Crippen molar-refractivity contribution in [2.45, 2.75) is 32.3 Å². The zero-order valence-electron chi connectivity index (χ0n) is 19.4. The van der Waals surface area contributed by atoms with Crippen molar-refractivity contribution in [1.82, 2.24) is 15.3 Å². The van der Waals surface area contributed by atoms with Gasteiger partial charge in [-0.1, -0.05) is 72.8 Å². The molecule has 0 aliphatic carbocycles. The van der Waals surface area contributed by atoms with Gasteiger partial charge in [-0.25, -0.2) is 4.98 Å². The highest BCUT2D eigenvalue weighted by molar-refractivity contribution is 5.87. The van der Waals surface area contributed by atoms with E-state index in [-0.39, 0.29) is 17.9 Å². The standard InChI is InChI=1S/C29H27N3O2/c1-19-17-30-20(2)27(32-19)25-15-9-14-23-16-24(34-28(23)25)18-31-29(33)26(21-10-5-3-6-11-21)22-12-7-4-8-13-22/h3-15,17,24,26H,16,18H2,1-2H3,(H,31,33)/t24-/m0/s1. The topological polar surface area (TPSA) is 64.1 Å². The number of nitrogens with zero attached hydrogens (tertiary/aromatic N) is 2. The third-order valence-electron chi connectivity index (χ3n) is 6.19. The Labute approximate surface area is 199 Å². The number of amides is 1. The maximum atomic E-state index is 13.4. The van der Waals surface area contributed by atoms with E-state index in [1.165, 1.54) is 0 Å². The largest absolute Gasteiger partial charge is 0.487 e. The number of nitrogens with one attached hydrogen (secondary N) is 1. The predicted molar refractivity (Wildman–Crippen MR) is 133 cm³/mol. The Morgan fingerprint density at radius 1 is 0.971 bits per heavy atom. The van der Waals surface area contributed by atoms with Gasteiger partial charge in [-0.15, -0.1) is 0 Å². The molecule has 0 unspecified atom stereocenters. The lowest BCUT2D eigenvalue weighted by Crippen LogP contribution is -2.37. The molecule has 5 heteroatoms. The van der Waals surface area contributed by atoms with Gasteiger partial charge < -0.3 is 10.1 Å². The minimum Gasteiger partial charge on any atom is -0.487 e. The first-order valence-electron chi connectivity index (χ1n) is 11.6. The van der Waals surface area contributed by atoms with Gasteiger partial charge in [-0.05, 0) is 36.6 Å². The third-order valence-corrected chi connectivity index (χ3v) is 6.19. The molecule has 0 bridgehead atoms. The summed E-state index contributed by atoms with van der Waals surface area (Å²) in [6, 6.07) is 25.9. The Hall–Kier alpha value is -3.99. The summed E-state index contributed by atoms with van der Waals surface area (Å²) in [6.07, 6.45) is 2.38. The Bertz CT molecular complexity index is 1270. The van der Waals surface area contributed by atoms with Crippen molar-refractivity contribution >= 4 is 5.91 Å². The van der Waals surface area contributed by atoms with Crippen LogP contribution in [0.15, 0.2) is 85.1 Å². The van der Waals surface area contributed by atoms with Crippen molar-refractivity contribution in [2.24, 2.45) is 0 Å². The van der Waals surface area contributed by atoms with E-state index in [2.05, 4.69) is 16.4 Å². The maximum Gasteiger partial charge on any atom is 0.232 e. The van der Waals surface area contributed by atoms with E-state index in [4.69, 9.17) is 9.72 Å². The quantitative estimate of drug-likeness (QED) is 0.449. The van der Waals surface area contributed by atoms with Gasteiger partial charge in [0.05, 0.1) is 29.5 Å². The van der Waals surface area contributed by atoms with Crippen molar-refractivity contribution in [2.75, 3.05) is 6.54 Å². The molecular weight excluding hydrogens is 422 g/mol. The summed E-state index contributed by atoms with van der Waals surface area (Å²) in [4.78, 5) is 22.5. The Balaban J connectivity index is 1.33. The number of para-hydroxylation sites is 1. The van der Waals surface area contributed by atoms with Gasteiger partial charge in [0.25, 0.3) is 0 Å². The molecule has 0 fully saturated rings. The van der Waals surface area contributed by atoms with Crippen LogP contribution < -0.4 is 10.1 Å². The fourth-order valence-corrected chi connectivity index (χ4v) is 4.53. The van der Waals surface area contributed by atoms with Crippen molar-refractivity contribution in [3.8, 4) is 17.0 Å². The summed E-state index contributed by atoms with van der Waals surface area (Å²) in [7, 11) is 0. The Kier molecular flexibility index (Phi) is 6.09. The van der Waals surface area contributed by atoms with Crippen molar-refractivity contribution in [1.29, 1.82) is 0 Å². The molecule has 2 heterocycles. The molecule has 34 heavy (non-hydrogen) atoms. The van der Waals surface area contributed by atoms with Gasteiger partial charge in [0.2, 0.25) is 5.91 Å². The lowest BCUT2D eigenvalue weighted by molar-refractivity contribution is -0.122. The van der Waals surface area contributed by atoms with Gasteiger partial charge in [0.15, 0.2) is 0 Å². The number of fused-ring (bicyclic) bond motifs is 1. The van der Waals surface area contributed by atoms with Gasteiger partial charge in [-0.2, -0.15) is 0 Å². The monoisotopic (exact) mass is 449 g/mol. The molecule has 0 saturated heterocycles. The molecule has 3 aromatic carbocycles. The molecule has 0 radical (unpaired) electrons. The van der Waals surface area contributed by atoms with E-state index >= 15 is 0 Å². The van der Waals surface area contributed by atoms with Crippen LogP contribution in [0.25, 0.3) is 11.3 Å². The van der Waals surface area contributed by atoms with E-state index in [0.29, 0.717) is 6.54 Å². The van der Waals surface area contributed by atoms with Crippen molar-refractivity contribution < 1.29 is 9.53 Å². The van der Waals surface area contributed by atoms with Gasteiger partial charge in [0.1, 0.15) is 11.9 Å². The fourth-order valence-electron chi connectivity index (χ4n) is 4.53. The number of aromatic nitrogens is 2. The second kappa shape index (κ2) is 9.48. The number of ether oxygens (including phenoxy) is 1. The van der Waals surface area contributed by atoms with Crippen LogP contribution in [0.5, 0.6) is 5.75 Å². The minimum atomic E-state index is -0.369. The molecule has 1 aliphatic rings. The summed E-state index contributed by atoms with van der Waals surface area (Å²) < 4.78 is 6.35. The normalized spacial score (nSPS) is 14.5. The molecule has 1 aliphatic heterocycles. The number of carbonyl (C=O) groups is 1. The highest BCUT2D eigenvalue weighted by atomic mass is 16.5. The number of carbonyl (C=O) groups excluding carboxylic acids is 1. The molecule has 170 valence electrons. The van der Waals surface area contributed by atoms with Crippen LogP contribution in [-0.4, -0.2) is 28.5 Å². The second-order valence-electron chi connectivity index (χ2n) is 8.68. The summed E-state index contributed by atoms with van der Waals surface area (Å²) in [5.41, 5.74) is 6.60. The van der Waals surface area contributed by atoms with Crippen LogP contribution in [-0.2, 0) is 11.2 Å². The van der Waals surface area contributed by atoms with E-state index in [1.807, 2.05) is 86.6 Å². The number of aryl methyl sites for hydroxylation is 2. The lowest BCUT2D eigenvalue weighted by Gasteiger charge is -2.20. The summed E-state index contributed by atoms with van der Waals surface area (Å²) in [5.74, 6) is 0.442. The first-order valence-corrected chi connectivity index (χ1v) is 11.6. The summed E-state index contributed by atoms with van der Waals surface area (Å²) in [5, 5.41) is 3.14. The molecule has 0 spiro atoms. The zero-order chi connectivity index (χ0) is 23.5. The lowest BCUT2D eigenvalue weighted by atomic mass is 9.90. The Morgan fingerprint density at radius 2 is 1.65 bits per heavy atom. The molecule has 5 nitrogen and oxygen atoms in total. The fraction of sp³-hybridized carbons (Fsp3) is 0.207. The highest BCUT2D eigenvalue weighted by Crippen LogP contribution is 2.39. The molecule has 4 aromatic rings. The average Bonchev–Trinajstić information content (AvgIpc) is 3.29. The first-order chi connectivity index (χ1) is 16.6.